The average molecular weight is 284 g/mol. The van der Waals surface area contributed by atoms with Crippen LogP contribution in [-0.4, -0.2) is 23.3 Å². The third-order valence-corrected chi connectivity index (χ3v) is 4.89. The van der Waals surface area contributed by atoms with Gasteiger partial charge in [0.1, 0.15) is 0 Å². The first kappa shape index (κ1) is 12.0. The summed E-state index contributed by atoms with van der Waals surface area (Å²) in [7, 11) is 0. The SMILES string of the molecule is c1ccc2c(c1)Nc1nnc(N3CCCCC3)cc1S2. The zero-order valence-electron chi connectivity index (χ0n) is 11.2. The number of anilines is 3. The van der Waals surface area contributed by atoms with Gasteiger partial charge in [0.05, 0.1) is 10.6 Å². The van der Waals surface area contributed by atoms with Crippen LogP contribution in [0, 0.1) is 0 Å². The third-order valence-electron chi connectivity index (χ3n) is 3.79. The topological polar surface area (TPSA) is 41.1 Å². The molecule has 0 atom stereocenters. The van der Waals surface area contributed by atoms with Crippen LogP contribution in [0.25, 0.3) is 0 Å². The van der Waals surface area contributed by atoms with Crippen molar-refractivity contribution in [3.05, 3.63) is 30.3 Å². The van der Waals surface area contributed by atoms with Crippen molar-refractivity contribution in [2.75, 3.05) is 23.3 Å². The number of aromatic nitrogens is 2. The Morgan fingerprint density at radius 2 is 1.85 bits per heavy atom. The van der Waals surface area contributed by atoms with Gasteiger partial charge in [-0.25, -0.2) is 0 Å². The molecule has 2 aliphatic heterocycles. The van der Waals surface area contributed by atoms with Crippen LogP contribution < -0.4 is 10.2 Å². The van der Waals surface area contributed by atoms with Crippen molar-refractivity contribution in [1.82, 2.24) is 10.2 Å². The molecule has 0 saturated carbocycles. The lowest BCUT2D eigenvalue weighted by molar-refractivity contribution is 0.570. The van der Waals surface area contributed by atoms with Gasteiger partial charge in [-0.2, -0.15) is 0 Å². The number of hydrogen-bond acceptors (Lipinski definition) is 5. The molecule has 2 aliphatic rings. The zero-order valence-corrected chi connectivity index (χ0v) is 12.0. The van der Waals surface area contributed by atoms with Gasteiger partial charge in [0.15, 0.2) is 11.6 Å². The molecule has 0 bridgehead atoms. The molecule has 0 aliphatic carbocycles. The summed E-state index contributed by atoms with van der Waals surface area (Å²) in [5.41, 5.74) is 1.12. The normalized spacial score (nSPS) is 17.1. The fourth-order valence-electron chi connectivity index (χ4n) is 2.71. The van der Waals surface area contributed by atoms with Crippen LogP contribution in [0.15, 0.2) is 40.1 Å². The highest BCUT2D eigenvalue weighted by atomic mass is 32.2. The number of nitrogens with zero attached hydrogens (tertiary/aromatic N) is 3. The van der Waals surface area contributed by atoms with E-state index in [1.807, 2.05) is 6.07 Å². The summed E-state index contributed by atoms with van der Waals surface area (Å²) >= 11 is 1.77. The highest BCUT2D eigenvalue weighted by Gasteiger charge is 2.20. The summed E-state index contributed by atoms with van der Waals surface area (Å²) in [4.78, 5) is 4.76. The van der Waals surface area contributed by atoms with Crippen LogP contribution in [0.4, 0.5) is 17.3 Å². The van der Waals surface area contributed by atoms with E-state index < -0.39 is 0 Å². The van der Waals surface area contributed by atoms with Gasteiger partial charge in [-0.3, -0.25) is 0 Å². The fraction of sp³-hybridized carbons (Fsp3) is 0.333. The summed E-state index contributed by atoms with van der Waals surface area (Å²) in [5.74, 6) is 1.88. The minimum atomic E-state index is 0.870. The molecule has 1 saturated heterocycles. The van der Waals surface area contributed by atoms with Gasteiger partial charge in [-0.1, -0.05) is 23.9 Å². The Morgan fingerprint density at radius 1 is 1.00 bits per heavy atom. The maximum absolute atomic E-state index is 4.39. The maximum Gasteiger partial charge on any atom is 0.167 e. The first-order valence-electron chi connectivity index (χ1n) is 7.07. The van der Waals surface area contributed by atoms with Gasteiger partial charge < -0.3 is 10.2 Å². The lowest BCUT2D eigenvalue weighted by Crippen LogP contribution is -2.30. The van der Waals surface area contributed by atoms with E-state index in [1.165, 1.54) is 29.1 Å². The number of rotatable bonds is 1. The standard InChI is InChI=1S/C15H16N4S/c1-4-8-19(9-5-1)14-10-13-15(18-17-14)16-11-6-2-3-7-12(11)20-13/h2-3,6-7,10H,1,4-5,8-9H2,(H,16,18). The fourth-order valence-corrected chi connectivity index (χ4v) is 3.68. The molecule has 0 unspecified atom stereocenters. The van der Waals surface area contributed by atoms with Crippen LogP contribution in [0.2, 0.25) is 0 Å². The molecule has 1 N–H and O–H groups in total. The van der Waals surface area contributed by atoms with Crippen molar-refractivity contribution in [3.63, 3.8) is 0 Å². The third kappa shape index (κ3) is 2.12. The van der Waals surface area contributed by atoms with E-state index in [0.29, 0.717) is 0 Å². The Balaban J connectivity index is 1.65. The van der Waals surface area contributed by atoms with Crippen molar-refractivity contribution >= 4 is 29.1 Å². The second kappa shape index (κ2) is 4.98. The average Bonchev–Trinajstić information content (AvgIpc) is 2.53. The molecule has 5 heteroatoms. The number of para-hydroxylation sites is 1. The molecular weight excluding hydrogens is 268 g/mol. The molecule has 20 heavy (non-hydrogen) atoms. The largest absolute Gasteiger partial charge is 0.355 e. The van der Waals surface area contributed by atoms with Gasteiger partial charge in [0.2, 0.25) is 0 Å². The minimum Gasteiger partial charge on any atom is -0.355 e. The maximum atomic E-state index is 4.39. The van der Waals surface area contributed by atoms with Gasteiger partial charge >= 0.3 is 0 Å². The smallest absolute Gasteiger partial charge is 0.167 e. The second-order valence-corrected chi connectivity index (χ2v) is 6.27. The quantitative estimate of drug-likeness (QED) is 0.738. The van der Waals surface area contributed by atoms with Gasteiger partial charge in [-0.05, 0) is 31.4 Å². The van der Waals surface area contributed by atoms with Gasteiger partial charge in [0.25, 0.3) is 0 Å². The highest BCUT2D eigenvalue weighted by molar-refractivity contribution is 7.99. The first-order chi connectivity index (χ1) is 9.90. The number of benzene rings is 1. The van der Waals surface area contributed by atoms with Gasteiger partial charge in [-0.15, -0.1) is 10.2 Å². The van der Waals surface area contributed by atoms with Crippen molar-refractivity contribution < 1.29 is 0 Å². The molecule has 1 aromatic heterocycles. The van der Waals surface area contributed by atoms with E-state index in [0.717, 1.165) is 30.4 Å². The van der Waals surface area contributed by atoms with E-state index in [-0.39, 0.29) is 0 Å². The van der Waals surface area contributed by atoms with Crippen molar-refractivity contribution in [2.45, 2.75) is 29.1 Å². The molecule has 0 amide bonds. The molecule has 4 nitrogen and oxygen atoms in total. The second-order valence-electron chi connectivity index (χ2n) is 5.19. The molecular formula is C15H16N4S. The van der Waals surface area contributed by atoms with Crippen molar-refractivity contribution in [2.24, 2.45) is 0 Å². The van der Waals surface area contributed by atoms with Crippen molar-refractivity contribution in [3.8, 4) is 0 Å². The van der Waals surface area contributed by atoms with Crippen molar-refractivity contribution in [1.29, 1.82) is 0 Å². The number of nitrogens with one attached hydrogen (secondary N) is 1. The van der Waals surface area contributed by atoms with Crippen LogP contribution >= 0.6 is 11.8 Å². The summed E-state index contributed by atoms with van der Waals surface area (Å²) < 4.78 is 0. The van der Waals surface area contributed by atoms with E-state index >= 15 is 0 Å². The van der Waals surface area contributed by atoms with Crippen LogP contribution in [-0.2, 0) is 0 Å². The van der Waals surface area contributed by atoms with Crippen LogP contribution in [0.1, 0.15) is 19.3 Å². The lowest BCUT2D eigenvalue weighted by Gasteiger charge is -2.28. The molecule has 2 aromatic rings. The van der Waals surface area contributed by atoms with E-state index in [4.69, 9.17) is 0 Å². The minimum absolute atomic E-state index is 0.870. The zero-order chi connectivity index (χ0) is 13.4. The van der Waals surface area contributed by atoms with Gasteiger partial charge in [0, 0.05) is 24.1 Å². The molecule has 4 rings (SSSR count). The predicted molar refractivity (Wildman–Crippen MR) is 81.9 cm³/mol. The van der Waals surface area contributed by atoms with Crippen LogP contribution in [0.5, 0.6) is 0 Å². The number of piperidine rings is 1. The summed E-state index contributed by atoms with van der Waals surface area (Å²) in [6, 6.07) is 10.5. The summed E-state index contributed by atoms with van der Waals surface area (Å²) in [6.45, 7) is 2.20. The van der Waals surface area contributed by atoms with E-state index in [1.54, 1.807) is 11.8 Å². The molecule has 3 heterocycles. The first-order valence-corrected chi connectivity index (χ1v) is 7.88. The summed E-state index contributed by atoms with van der Waals surface area (Å²) in [5, 5.41) is 12.1. The molecule has 1 fully saturated rings. The lowest BCUT2D eigenvalue weighted by atomic mass is 10.1. The monoisotopic (exact) mass is 284 g/mol. The Bertz CT molecular complexity index is 638. The summed E-state index contributed by atoms with van der Waals surface area (Å²) in [6.07, 6.45) is 3.85. The molecule has 1 aromatic carbocycles. The van der Waals surface area contributed by atoms with E-state index in [9.17, 15) is 0 Å². The van der Waals surface area contributed by atoms with Crippen LogP contribution in [0.3, 0.4) is 0 Å². The Hall–Kier alpha value is -1.75. The Labute approximate surface area is 122 Å². The highest BCUT2D eigenvalue weighted by Crippen LogP contribution is 2.43. The Morgan fingerprint density at radius 3 is 2.75 bits per heavy atom. The molecule has 0 spiro atoms. The van der Waals surface area contributed by atoms with E-state index in [2.05, 4.69) is 44.7 Å². The molecule has 0 radical (unpaired) electrons. The number of fused-ring (bicyclic) bond motifs is 2. The Kier molecular flexibility index (Phi) is 2.99. The number of hydrogen-bond donors (Lipinski definition) is 1. The predicted octanol–water partition coefficient (Wildman–Crippen LogP) is 3.68. The molecule has 102 valence electrons.